The van der Waals surface area contributed by atoms with Crippen LogP contribution in [-0.4, -0.2) is 32.8 Å². The molecule has 2 aliphatic heterocycles. The molecule has 6 heteroatoms. The van der Waals surface area contributed by atoms with E-state index >= 15 is 0 Å². The van der Waals surface area contributed by atoms with Crippen LogP contribution in [0.3, 0.4) is 0 Å². The number of carbonyl (C=O) groups excluding carboxylic acids is 1. The standard InChI is InChI=1S/C20H20O6/c1-20(2)8-7-12-14(26-20)9-13(22)15-16(23)17(24)18(25-19(12)15)10-3-5-11(21)6-4-10/h3-6,9,17-18,21-22,24H,7-8H2,1-2H3/t17-,18-/m0/s1. The van der Waals surface area contributed by atoms with E-state index in [1.807, 2.05) is 13.8 Å². The van der Waals surface area contributed by atoms with E-state index in [1.54, 1.807) is 12.1 Å². The number of fused-ring (bicyclic) bond motifs is 3. The maximum absolute atomic E-state index is 12.7. The number of carbonyl (C=O) groups is 1. The number of phenols is 2. The first-order chi connectivity index (χ1) is 12.3. The quantitative estimate of drug-likeness (QED) is 0.727. The van der Waals surface area contributed by atoms with Crippen LogP contribution < -0.4 is 9.47 Å². The number of ether oxygens (including phenoxy) is 2. The van der Waals surface area contributed by atoms with Crippen molar-refractivity contribution in [3.05, 3.63) is 47.0 Å². The van der Waals surface area contributed by atoms with Crippen LogP contribution in [0.15, 0.2) is 30.3 Å². The Morgan fingerprint density at radius 3 is 2.54 bits per heavy atom. The van der Waals surface area contributed by atoms with E-state index in [0.29, 0.717) is 17.7 Å². The van der Waals surface area contributed by atoms with E-state index in [2.05, 4.69) is 0 Å². The molecule has 0 aliphatic carbocycles. The molecule has 136 valence electrons. The zero-order valence-corrected chi connectivity index (χ0v) is 14.5. The lowest BCUT2D eigenvalue weighted by Gasteiger charge is -2.37. The SMILES string of the molecule is CC1(C)CCc2c(cc(O)c3c2O[C@@H](c2ccc(O)cc2)[C@@H](O)C3=O)O1. The molecule has 0 saturated heterocycles. The third-order valence-electron chi connectivity index (χ3n) is 4.95. The first-order valence-electron chi connectivity index (χ1n) is 8.52. The van der Waals surface area contributed by atoms with Gasteiger partial charge in [-0.25, -0.2) is 0 Å². The molecule has 0 unspecified atom stereocenters. The first kappa shape index (κ1) is 16.7. The molecule has 0 amide bonds. The summed E-state index contributed by atoms with van der Waals surface area (Å²) >= 11 is 0. The Balaban J connectivity index is 1.83. The Kier molecular flexibility index (Phi) is 3.63. The van der Waals surface area contributed by atoms with Crippen molar-refractivity contribution in [3.8, 4) is 23.0 Å². The van der Waals surface area contributed by atoms with E-state index in [-0.39, 0.29) is 28.4 Å². The highest BCUT2D eigenvalue weighted by Crippen LogP contribution is 2.48. The zero-order chi connectivity index (χ0) is 18.6. The molecule has 3 N–H and O–H groups in total. The highest BCUT2D eigenvalue weighted by Gasteiger charge is 2.42. The summed E-state index contributed by atoms with van der Waals surface area (Å²) in [6.07, 6.45) is -0.994. The first-order valence-corrected chi connectivity index (χ1v) is 8.52. The smallest absolute Gasteiger partial charge is 0.202 e. The summed E-state index contributed by atoms with van der Waals surface area (Å²) in [5.41, 5.74) is 0.904. The Morgan fingerprint density at radius 1 is 1.15 bits per heavy atom. The number of hydrogen-bond acceptors (Lipinski definition) is 6. The van der Waals surface area contributed by atoms with E-state index in [9.17, 15) is 20.1 Å². The lowest BCUT2D eigenvalue weighted by atomic mass is 9.87. The minimum Gasteiger partial charge on any atom is -0.508 e. The second-order valence-electron chi connectivity index (χ2n) is 7.38. The number of ketones is 1. The highest BCUT2D eigenvalue weighted by molar-refractivity contribution is 6.06. The maximum atomic E-state index is 12.7. The van der Waals surface area contributed by atoms with E-state index in [1.165, 1.54) is 18.2 Å². The van der Waals surface area contributed by atoms with Gasteiger partial charge in [0.15, 0.2) is 12.2 Å². The Hall–Kier alpha value is -2.73. The normalized spacial score (nSPS) is 23.4. The molecule has 0 spiro atoms. The Labute approximate surface area is 150 Å². The largest absolute Gasteiger partial charge is 0.508 e. The Morgan fingerprint density at radius 2 is 1.85 bits per heavy atom. The predicted molar refractivity (Wildman–Crippen MR) is 92.9 cm³/mol. The lowest BCUT2D eigenvalue weighted by Crippen LogP contribution is -2.38. The second-order valence-corrected chi connectivity index (χ2v) is 7.38. The van der Waals surface area contributed by atoms with Crippen molar-refractivity contribution < 1.29 is 29.6 Å². The van der Waals surface area contributed by atoms with Gasteiger partial charge < -0.3 is 24.8 Å². The van der Waals surface area contributed by atoms with Gasteiger partial charge in [0.25, 0.3) is 0 Å². The van der Waals surface area contributed by atoms with Gasteiger partial charge in [-0.1, -0.05) is 12.1 Å². The van der Waals surface area contributed by atoms with Gasteiger partial charge in [-0.05, 0) is 44.4 Å². The summed E-state index contributed by atoms with van der Waals surface area (Å²) < 4.78 is 11.9. The molecule has 2 heterocycles. The fourth-order valence-corrected chi connectivity index (χ4v) is 3.52. The third kappa shape index (κ3) is 2.57. The average Bonchev–Trinajstić information content (AvgIpc) is 2.57. The van der Waals surface area contributed by atoms with E-state index < -0.39 is 18.0 Å². The molecule has 2 aromatic carbocycles. The fraction of sp³-hybridized carbons (Fsp3) is 0.350. The lowest BCUT2D eigenvalue weighted by molar-refractivity contribution is 0.0191. The van der Waals surface area contributed by atoms with Gasteiger partial charge in [0.2, 0.25) is 5.78 Å². The Bertz CT molecular complexity index is 884. The molecular weight excluding hydrogens is 336 g/mol. The number of benzene rings is 2. The van der Waals surface area contributed by atoms with Crippen molar-refractivity contribution in [2.75, 3.05) is 0 Å². The van der Waals surface area contributed by atoms with Gasteiger partial charge in [0.1, 0.15) is 34.2 Å². The van der Waals surface area contributed by atoms with Crippen molar-refractivity contribution in [1.82, 2.24) is 0 Å². The summed E-state index contributed by atoms with van der Waals surface area (Å²) in [5, 5.41) is 30.2. The minimum absolute atomic E-state index is 0.00501. The average molecular weight is 356 g/mol. The molecule has 6 nitrogen and oxygen atoms in total. The van der Waals surface area contributed by atoms with Gasteiger partial charge in [0, 0.05) is 11.6 Å². The van der Waals surface area contributed by atoms with Crippen LogP contribution in [0.5, 0.6) is 23.0 Å². The van der Waals surface area contributed by atoms with Crippen molar-refractivity contribution in [2.24, 2.45) is 0 Å². The number of aliphatic hydroxyl groups excluding tert-OH is 1. The fourth-order valence-electron chi connectivity index (χ4n) is 3.52. The maximum Gasteiger partial charge on any atom is 0.202 e. The van der Waals surface area contributed by atoms with Crippen molar-refractivity contribution >= 4 is 5.78 Å². The van der Waals surface area contributed by atoms with Crippen LogP contribution in [0.4, 0.5) is 0 Å². The number of rotatable bonds is 1. The molecule has 2 atom stereocenters. The minimum atomic E-state index is -1.45. The predicted octanol–water partition coefficient (Wildman–Crippen LogP) is 2.88. The van der Waals surface area contributed by atoms with Crippen LogP contribution in [0, 0.1) is 0 Å². The molecule has 0 fully saturated rings. The molecule has 4 rings (SSSR count). The second kappa shape index (κ2) is 5.64. The van der Waals surface area contributed by atoms with Crippen molar-refractivity contribution in [1.29, 1.82) is 0 Å². The van der Waals surface area contributed by atoms with Gasteiger partial charge in [-0.3, -0.25) is 4.79 Å². The van der Waals surface area contributed by atoms with E-state index in [4.69, 9.17) is 9.47 Å². The zero-order valence-electron chi connectivity index (χ0n) is 14.5. The van der Waals surface area contributed by atoms with E-state index in [0.717, 1.165) is 12.0 Å². The number of phenolic OH excluding ortho intramolecular Hbond substituents is 2. The number of aliphatic hydroxyl groups is 1. The molecule has 26 heavy (non-hydrogen) atoms. The number of aromatic hydroxyl groups is 2. The van der Waals surface area contributed by atoms with Gasteiger partial charge in [-0.2, -0.15) is 0 Å². The summed E-state index contributed by atoms with van der Waals surface area (Å²) in [6.45, 7) is 3.92. The van der Waals surface area contributed by atoms with Crippen LogP contribution in [0.1, 0.15) is 47.9 Å². The molecule has 2 aromatic rings. The summed E-state index contributed by atoms with van der Waals surface area (Å²) in [7, 11) is 0. The van der Waals surface area contributed by atoms with Crippen molar-refractivity contribution in [3.63, 3.8) is 0 Å². The molecule has 0 aromatic heterocycles. The molecular formula is C20H20O6. The van der Waals surface area contributed by atoms with Gasteiger partial charge >= 0.3 is 0 Å². The summed E-state index contributed by atoms with van der Waals surface area (Å²) in [6, 6.07) is 7.54. The molecule has 2 aliphatic rings. The number of hydrogen-bond donors (Lipinski definition) is 3. The topological polar surface area (TPSA) is 96.2 Å². The van der Waals surface area contributed by atoms with Crippen LogP contribution in [-0.2, 0) is 6.42 Å². The number of Topliss-reactive ketones (excluding diaryl/α,β-unsaturated/α-hetero) is 1. The monoisotopic (exact) mass is 356 g/mol. The van der Waals surface area contributed by atoms with Gasteiger partial charge in [0.05, 0.1) is 0 Å². The van der Waals surface area contributed by atoms with Crippen LogP contribution in [0.25, 0.3) is 0 Å². The van der Waals surface area contributed by atoms with Crippen LogP contribution >= 0.6 is 0 Å². The third-order valence-corrected chi connectivity index (χ3v) is 4.95. The highest BCUT2D eigenvalue weighted by atomic mass is 16.5. The molecule has 0 radical (unpaired) electrons. The van der Waals surface area contributed by atoms with Gasteiger partial charge in [-0.15, -0.1) is 0 Å². The van der Waals surface area contributed by atoms with Crippen molar-refractivity contribution in [2.45, 2.75) is 44.5 Å². The summed E-state index contributed by atoms with van der Waals surface area (Å²) in [4.78, 5) is 12.7. The molecule has 0 saturated carbocycles. The molecule has 0 bridgehead atoms. The summed E-state index contributed by atoms with van der Waals surface area (Å²) in [5.74, 6) is -0.00873. The van der Waals surface area contributed by atoms with Crippen LogP contribution in [0.2, 0.25) is 0 Å².